The molecule has 1 aromatic carbocycles. The number of piperidine rings is 1. The molecule has 168 valence electrons. The maximum absolute atomic E-state index is 15.0. The van der Waals surface area contributed by atoms with E-state index < -0.39 is 28.8 Å². The number of nitrogens with one attached hydrogen (secondary N) is 2. The van der Waals surface area contributed by atoms with Gasteiger partial charge in [-0.15, -0.1) is 0 Å². The molecule has 1 aliphatic heterocycles. The molecule has 1 amide bonds. The van der Waals surface area contributed by atoms with Gasteiger partial charge in [-0.3, -0.25) is 9.59 Å². The molecule has 0 aliphatic carbocycles. The minimum absolute atomic E-state index is 0.0169. The van der Waals surface area contributed by atoms with E-state index in [1.165, 1.54) is 19.2 Å². The Morgan fingerprint density at radius 2 is 1.94 bits per heavy atom. The quantitative estimate of drug-likeness (QED) is 0.531. The Labute approximate surface area is 182 Å². The first-order chi connectivity index (χ1) is 15.2. The van der Waals surface area contributed by atoms with Crippen LogP contribution < -0.4 is 15.8 Å². The predicted octanol–water partition coefficient (Wildman–Crippen LogP) is 1.84. The van der Waals surface area contributed by atoms with E-state index in [0.29, 0.717) is 18.6 Å². The highest BCUT2D eigenvalue weighted by atomic mass is 19.1. The van der Waals surface area contributed by atoms with Gasteiger partial charge in [0.1, 0.15) is 16.9 Å². The molecule has 3 N–H and O–H groups in total. The first-order valence-corrected chi connectivity index (χ1v) is 10.2. The summed E-state index contributed by atoms with van der Waals surface area (Å²) < 4.78 is 29.5. The molecule has 1 saturated heterocycles. The highest BCUT2D eigenvalue weighted by Gasteiger charge is 2.34. The second kappa shape index (κ2) is 8.27. The summed E-state index contributed by atoms with van der Waals surface area (Å²) in [6.45, 7) is 2.22. The van der Waals surface area contributed by atoms with Crippen LogP contribution in [-0.2, 0) is 6.42 Å². The van der Waals surface area contributed by atoms with E-state index in [-0.39, 0.29) is 47.4 Å². The van der Waals surface area contributed by atoms with Crippen molar-refractivity contribution in [1.29, 1.82) is 0 Å². The molecule has 8 nitrogen and oxygen atoms in total. The highest BCUT2D eigenvalue weighted by molar-refractivity contribution is 5.92. The number of aryl methyl sites for hydroxylation is 1. The number of anilines is 1. The topological polar surface area (TPSA) is 111 Å². The molecule has 1 fully saturated rings. The standard InChI is InChI=1S/C22H23F2N5O3/c1-12-20(30)28-18-14(26-12)4-3-13(17(18)23)11-22(32)7-9-29(10-8-22)16-6-5-15(21(31)25-2)27-19(16)24/h3-6,32H,7-11H2,1-2H3,(H,25,31)(H,28,30). The number of aromatic nitrogens is 3. The van der Waals surface area contributed by atoms with Gasteiger partial charge < -0.3 is 20.3 Å². The number of fused-ring (bicyclic) bond motifs is 1. The van der Waals surface area contributed by atoms with Crippen LogP contribution in [-0.4, -0.2) is 51.7 Å². The van der Waals surface area contributed by atoms with Crippen molar-refractivity contribution >= 4 is 22.6 Å². The number of H-pyrrole nitrogens is 1. The van der Waals surface area contributed by atoms with E-state index in [2.05, 4.69) is 20.3 Å². The largest absolute Gasteiger partial charge is 0.389 e. The second-order valence-electron chi connectivity index (χ2n) is 8.06. The highest BCUT2D eigenvalue weighted by Crippen LogP contribution is 2.31. The maximum Gasteiger partial charge on any atom is 0.269 e. The summed E-state index contributed by atoms with van der Waals surface area (Å²) in [5.41, 5.74) is -0.531. The van der Waals surface area contributed by atoms with Crippen molar-refractivity contribution in [3.8, 4) is 0 Å². The average molecular weight is 443 g/mol. The summed E-state index contributed by atoms with van der Waals surface area (Å²) in [7, 11) is 1.44. The summed E-state index contributed by atoms with van der Waals surface area (Å²) in [4.78, 5) is 35.5. The van der Waals surface area contributed by atoms with Crippen molar-refractivity contribution in [2.45, 2.75) is 31.8 Å². The van der Waals surface area contributed by atoms with Gasteiger partial charge in [0, 0.05) is 26.6 Å². The zero-order valence-corrected chi connectivity index (χ0v) is 17.7. The van der Waals surface area contributed by atoms with Crippen molar-refractivity contribution < 1.29 is 18.7 Å². The van der Waals surface area contributed by atoms with Gasteiger partial charge in [0.15, 0.2) is 5.82 Å². The Bertz CT molecular complexity index is 1250. The zero-order valence-electron chi connectivity index (χ0n) is 17.7. The lowest BCUT2D eigenvalue weighted by Gasteiger charge is -2.39. The van der Waals surface area contributed by atoms with E-state index in [4.69, 9.17) is 0 Å². The number of carbonyl (C=O) groups excluding carboxylic acids is 1. The fourth-order valence-corrected chi connectivity index (χ4v) is 4.01. The zero-order chi connectivity index (χ0) is 23.0. The van der Waals surface area contributed by atoms with Gasteiger partial charge in [0.2, 0.25) is 5.95 Å². The van der Waals surface area contributed by atoms with Crippen molar-refractivity contribution in [3.63, 3.8) is 0 Å². The van der Waals surface area contributed by atoms with E-state index >= 15 is 4.39 Å². The summed E-state index contributed by atoms with van der Waals surface area (Å²) in [6.07, 6.45) is 0.614. The second-order valence-corrected chi connectivity index (χ2v) is 8.06. The Morgan fingerprint density at radius 1 is 1.22 bits per heavy atom. The molecule has 0 unspecified atom stereocenters. The number of aromatic amines is 1. The Balaban J connectivity index is 1.50. The number of carbonyl (C=O) groups is 1. The SMILES string of the molecule is CNC(=O)c1ccc(N2CCC(O)(Cc3ccc4nc(C)c(=O)[nH]c4c3F)CC2)c(F)n1. The minimum atomic E-state index is -1.19. The van der Waals surface area contributed by atoms with Crippen LogP contribution in [0.1, 0.15) is 34.6 Å². The van der Waals surface area contributed by atoms with Crippen molar-refractivity contribution in [2.24, 2.45) is 0 Å². The van der Waals surface area contributed by atoms with Gasteiger partial charge in [-0.1, -0.05) is 6.07 Å². The van der Waals surface area contributed by atoms with Crippen LogP contribution >= 0.6 is 0 Å². The van der Waals surface area contributed by atoms with E-state index in [9.17, 15) is 19.1 Å². The van der Waals surface area contributed by atoms with Gasteiger partial charge >= 0.3 is 0 Å². The molecule has 0 saturated carbocycles. The van der Waals surface area contributed by atoms with E-state index in [0.717, 1.165) is 0 Å². The summed E-state index contributed by atoms with van der Waals surface area (Å²) >= 11 is 0. The fraction of sp³-hybridized carbons (Fsp3) is 0.364. The summed E-state index contributed by atoms with van der Waals surface area (Å²) in [6, 6.07) is 6.11. The molecule has 10 heteroatoms. The third-order valence-electron chi connectivity index (χ3n) is 5.90. The Morgan fingerprint density at radius 3 is 2.59 bits per heavy atom. The fourth-order valence-electron chi connectivity index (χ4n) is 4.01. The number of amides is 1. The number of pyridine rings is 1. The predicted molar refractivity (Wildman–Crippen MR) is 115 cm³/mol. The molecule has 3 heterocycles. The minimum Gasteiger partial charge on any atom is -0.389 e. The van der Waals surface area contributed by atoms with Crippen LogP contribution in [0.4, 0.5) is 14.5 Å². The molecule has 0 radical (unpaired) electrons. The van der Waals surface area contributed by atoms with Crippen LogP contribution in [0, 0.1) is 18.7 Å². The van der Waals surface area contributed by atoms with E-state index in [1.807, 2.05) is 0 Å². The molecule has 0 spiro atoms. The van der Waals surface area contributed by atoms with Crippen molar-refractivity contribution in [1.82, 2.24) is 20.3 Å². The molecule has 3 aromatic rings. The van der Waals surface area contributed by atoms with Crippen LogP contribution in [0.3, 0.4) is 0 Å². The van der Waals surface area contributed by atoms with Gasteiger partial charge in [-0.05, 0) is 43.5 Å². The molecule has 1 aliphatic rings. The van der Waals surface area contributed by atoms with Gasteiger partial charge in [0.25, 0.3) is 11.5 Å². The summed E-state index contributed by atoms with van der Waals surface area (Å²) in [5.74, 6) is -1.85. The number of hydrogen-bond donors (Lipinski definition) is 3. The summed E-state index contributed by atoms with van der Waals surface area (Å²) in [5, 5.41) is 13.5. The third kappa shape index (κ3) is 4.05. The molecule has 0 atom stereocenters. The van der Waals surface area contributed by atoms with Crippen molar-refractivity contribution in [2.75, 3.05) is 25.0 Å². The number of hydrogen-bond acceptors (Lipinski definition) is 6. The van der Waals surface area contributed by atoms with Gasteiger partial charge in [-0.25, -0.2) is 14.4 Å². The number of benzene rings is 1. The number of nitrogens with zero attached hydrogens (tertiary/aromatic N) is 3. The smallest absolute Gasteiger partial charge is 0.269 e. The third-order valence-corrected chi connectivity index (χ3v) is 5.90. The van der Waals surface area contributed by atoms with Crippen LogP contribution in [0.25, 0.3) is 11.0 Å². The first kappa shape index (κ1) is 21.8. The molecule has 4 rings (SSSR count). The molecular weight excluding hydrogens is 420 g/mol. The normalized spacial score (nSPS) is 15.7. The van der Waals surface area contributed by atoms with Gasteiger partial charge in [-0.2, -0.15) is 4.39 Å². The molecule has 32 heavy (non-hydrogen) atoms. The molecule has 0 bridgehead atoms. The monoisotopic (exact) mass is 443 g/mol. The Hall–Kier alpha value is -3.40. The lowest BCUT2D eigenvalue weighted by molar-refractivity contribution is 0.0157. The van der Waals surface area contributed by atoms with Gasteiger partial charge in [0.05, 0.1) is 16.8 Å². The van der Waals surface area contributed by atoms with Crippen LogP contribution in [0.15, 0.2) is 29.1 Å². The number of rotatable bonds is 4. The maximum atomic E-state index is 15.0. The molecule has 2 aromatic heterocycles. The lowest BCUT2D eigenvalue weighted by atomic mass is 9.85. The first-order valence-electron chi connectivity index (χ1n) is 10.2. The lowest BCUT2D eigenvalue weighted by Crippen LogP contribution is -2.46. The van der Waals surface area contributed by atoms with E-state index in [1.54, 1.807) is 24.0 Å². The Kier molecular flexibility index (Phi) is 5.64. The number of halogens is 2. The molecular formula is C22H23F2N5O3. The van der Waals surface area contributed by atoms with Crippen LogP contribution in [0.2, 0.25) is 0 Å². The number of aliphatic hydroxyl groups is 1. The average Bonchev–Trinajstić information content (AvgIpc) is 2.77. The van der Waals surface area contributed by atoms with Crippen LogP contribution in [0.5, 0.6) is 0 Å². The van der Waals surface area contributed by atoms with Crippen molar-refractivity contribution in [3.05, 3.63) is 63.3 Å².